The molecule has 113 heavy (non-hydrogen) atoms. The number of carboxylic acids is 2. The Morgan fingerprint density at radius 3 is 1.33 bits per heavy atom. The van der Waals surface area contributed by atoms with Gasteiger partial charge in [0.15, 0.2) is 25.2 Å². The van der Waals surface area contributed by atoms with E-state index in [4.69, 9.17) is 42.6 Å². The number of amides is 10. The van der Waals surface area contributed by atoms with Gasteiger partial charge in [0.25, 0.3) is 0 Å². The van der Waals surface area contributed by atoms with E-state index in [1.807, 2.05) is 6.92 Å². The number of aliphatic carboxylic acids is 2. The predicted molar refractivity (Wildman–Crippen MR) is 375 cm³/mol. The Balaban J connectivity index is 1.37. The van der Waals surface area contributed by atoms with Crippen LogP contribution in [0.4, 0.5) is 0 Å². The molecule has 0 saturated carbocycles. The van der Waals surface area contributed by atoms with Crippen molar-refractivity contribution in [1.82, 2.24) is 68.2 Å². The fourth-order valence-electron chi connectivity index (χ4n) is 12.9. The van der Waals surface area contributed by atoms with Gasteiger partial charge in [-0.05, 0) is 85.5 Å². The number of carboxylic acid groups (broad SMARTS) is 2. The number of quaternary nitrogens is 1. The number of hydrogen-bond acceptors (Lipinski definition) is 33. The SMILES string of the molecule is CCc1cn(CCCCC(NC(=O)CCCNC(=O)[C@H](C)NC(=O)[C@@H](C)O[C@H]2C(O[C@@H]3O[C@H](CO)[C@@H](O[C@@H]4O[C@H](CO)C(O[C@@H]5O[C@H](CO)[C@@H](O)[C@H](O)[C@H]5NC(C)=O)[C@H](O[C@H](C)C(=O)N[C@@H](C)C(=O)NCCCC(=O)N[C@@H](CCCC[NH3+])C(=O)[O-])[C@H]4NC(C)=O)[C@H](O)[C@H]3NC(C)=O)[C@@H](CO)OC(O)[C@@H]2NC(C)=O)C(=O)[O-])nn1. The molecule has 21 N–H and O–H groups in total. The minimum absolute atomic E-state index is 0.0284. The molecule has 4 saturated heterocycles. The first-order chi connectivity index (χ1) is 53.5. The summed E-state index contributed by atoms with van der Waals surface area (Å²) in [4.78, 5) is 156. The number of aryl methyl sites for hydroxylation is 2. The summed E-state index contributed by atoms with van der Waals surface area (Å²) in [6.45, 7) is 7.59. The number of hydrogen-bond donors (Lipinski definition) is 19. The molecule has 4 aliphatic heterocycles. The minimum Gasteiger partial charge on any atom is -0.548 e. The zero-order valence-electron chi connectivity index (χ0n) is 64.5. The molecule has 0 spiro atoms. The quantitative estimate of drug-likeness (QED) is 0.0270. The maximum atomic E-state index is 14.2. The van der Waals surface area contributed by atoms with E-state index in [0.717, 1.165) is 33.4 Å². The molecular weight excluding hydrogens is 1510 g/mol. The van der Waals surface area contributed by atoms with Crippen LogP contribution in [0.25, 0.3) is 0 Å². The maximum Gasteiger partial charge on any atom is 0.249 e. The van der Waals surface area contributed by atoms with Crippen LogP contribution in [0.5, 0.6) is 0 Å². The second-order valence-electron chi connectivity index (χ2n) is 27.9. The zero-order valence-corrected chi connectivity index (χ0v) is 64.5. The Bertz CT molecular complexity index is 3280. The number of aliphatic hydroxyl groups is 8. The molecule has 4 unspecified atom stereocenters. The molecule has 0 aromatic carbocycles. The molecule has 45 nitrogen and oxygen atoms in total. The molecule has 1 aromatic heterocycles. The van der Waals surface area contributed by atoms with Crippen molar-refractivity contribution in [3.63, 3.8) is 0 Å². The monoisotopic (exact) mass is 1620 g/mol. The normalized spacial score (nSPS) is 29.3. The zero-order chi connectivity index (χ0) is 84.1. The van der Waals surface area contributed by atoms with E-state index in [0.29, 0.717) is 45.2 Å². The third-order valence-corrected chi connectivity index (χ3v) is 18.8. The highest BCUT2D eigenvalue weighted by Crippen LogP contribution is 2.37. The summed E-state index contributed by atoms with van der Waals surface area (Å²) in [6, 6.07) is -12.3. The predicted octanol–water partition coefficient (Wildman–Crippen LogP) is -12.6. The van der Waals surface area contributed by atoms with Crippen LogP contribution < -0.4 is 69.1 Å². The van der Waals surface area contributed by atoms with Crippen LogP contribution in [-0.4, -0.2) is 332 Å². The molecule has 5 rings (SSSR count). The van der Waals surface area contributed by atoms with E-state index >= 15 is 0 Å². The van der Waals surface area contributed by atoms with Crippen LogP contribution in [0.1, 0.15) is 132 Å². The van der Waals surface area contributed by atoms with Gasteiger partial charge in [-0.2, -0.15) is 0 Å². The van der Waals surface area contributed by atoms with Crippen LogP contribution in [-0.2, 0) is 113 Å². The van der Waals surface area contributed by atoms with Crippen LogP contribution in [0.2, 0.25) is 0 Å². The number of aliphatic hydroxyl groups excluding tert-OH is 8. The van der Waals surface area contributed by atoms with Gasteiger partial charge < -0.3 is 162 Å². The second kappa shape index (κ2) is 47.2. The Labute approximate surface area is 650 Å². The summed E-state index contributed by atoms with van der Waals surface area (Å²) in [5, 5.41) is 146. The van der Waals surface area contributed by atoms with E-state index in [2.05, 4.69) is 69.2 Å². The van der Waals surface area contributed by atoms with Gasteiger partial charge in [-0.15, -0.1) is 5.10 Å². The molecule has 10 amide bonds. The topological polar surface area (TPSA) is 675 Å². The van der Waals surface area contributed by atoms with Gasteiger partial charge in [0.05, 0.1) is 62.7 Å². The molecule has 26 atom stereocenters. The highest BCUT2D eigenvalue weighted by molar-refractivity contribution is 5.90. The molecule has 0 radical (unpaired) electrons. The van der Waals surface area contributed by atoms with E-state index in [9.17, 15) is 109 Å². The molecule has 1 aromatic rings. The van der Waals surface area contributed by atoms with E-state index < -0.39 is 256 Å². The van der Waals surface area contributed by atoms with Gasteiger partial charge in [0, 0.05) is 66.4 Å². The molecule has 0 bridgehead atoms. The Kier molecular flexibility index (Phi) is 39.9. The number of unbranched alkanes of at least 4 members (excludes halogenated alkanes) is 2. The molecule has 4 fully saturated rings. The van der Waals surface area contributed by atoms with Crippen LogP contribution in [0.3, 0.4) is 0 Å². The molecule has 45 heteroatoms. The van der Waals surface area contributed by atoms with Crippen molar-refractivity contribution < 1.29 is 157 Å². The standard InChI is InChI=1S/C68H114N14O31/c1-10-38-25-82(81-80-38)24-14-12-18-40(64(102)103)79-46(92)20-16-23-70-59(96)30(2)72-61(98)32(4)105-57-49(76-36(8)89)65(104)107-43(28-85)55(57)112-67-48(75-35(7)88)53(95)54(42(27-84)109-67)111-68-50(77-37(9)90)58(56(44(29-86)110-68)113-66-47(74-34(6)87)52(94)51(93)41(26-83)108-66)106-33(5)62(99)73-31(3)60(97)71-22-15-19-45(91)78-39(63(100)101)17-11-13-21-69/h25,30-33,39-44,47-58,65-68,83-86,93-95,104H,10-24,26-29,69H2,1-9H3,(H,70,96)(H,71,97)(H,72,98)(H,73,99)(H,74,87)(H,75,88)(H,76,89)(H,77,90)(H,78,91)(H,79,92)(H,100,101)(H,102,103)/p-1/t30-,31-,32+,33+,39-,40?,41+,42+,43+,44+,47+,48+,49+,50+,51+,52+,53+,54+,55?,56?,57+,58+,65?,66-,67-,68-/m0/s1. The van der Waals surface area contributed by atoms with Gasteiger partial charge in [-0.3, -0.25) is 52.6 Å². The molecule has 5 heterocycles. The van der Waals surface area contributed by atoms with Gasteiger partial charge in [0.2, 0.25) is 59.1 Å². The molecular formula is C68H113N14O31-. The Morgan fingerprint density at radius 1 is 0.496 bits per heavy atom. The largest absolute Gasteiger partial charge is 0.548 e. The minimum atomic E-state index is -2.17. The smallest absolute Gasteiger partial charge is 0.249 e. The van der Waals surface area contributed by atoms with Gasteiger partial charge >= 0.3 is 0 Å². The van der Waals surface area contributed by atoms with E-state index in [-0.39, 0.29) is 51.6 Å². The van der Waals surface area contributed by atoms with Crippen LogP contribution in [0.15, 0.2) is 6.20 Å². The van der Waals surface area contributed by atoms with Crippen molar-refractivity contribution in [2.45, 2.75) is 298 Å². The van der Waals surface area contributed by atoms with E-state index in [1.54, 1.807) is 10.9 Å². The van der Waals surface area contributed by atoms with Gasteiger partial charge in [-0.1, -0.05) is 12.1 Å². The van der Waals surface area contributed by atoms with Gasteiger partial charge in [-0.25, -0.2) is 0 Å². The summed E-state index contributed by atoms with van der Waals surface area (Å²) < 4.78 is 57.5. The van der Waals surface area contributed by atoms with E-state index in [1.165, 1.54) is 27.7 Å². The fourth-order valence-corrected chi connectivity index (χ4v) is 12.9. The number of nitrogens with one attached hydrogen (secondary N) is 10. The van der Waals surface area contributed by atoms with Crippen molar-refractivity contribution in [2.75, 3.05) is 46.1 Å². The first-order valence-electron chi connectivity index (χ1n) is 37.5. The van der Waals surface area contributed by atoms with Crippen LogP contribution >= 0.6 is 0 Å². The Hall–Kier alpha value is -7.94. The molecule has 642 valence electrons. The maximum absolute atomic E-state index is 14.2. The fraction of sp³-hybridized carbons (Fsp3) is 0.794. The highest BCUT2D eigenvalue weighted by atomic mass is 16.8. The first-order valence-corrected chi connectivity index (χ1v) is 37.5. The third-order valence-electron chi connectivity index (χ3n) is 18.8. The number of rotatable bonds is 46. The summed E-state index contributed by atoms with van der Waals surface area (Å²) in [5.41, 5.74) is 4.50. The summed E-state index contributed by atoms with van der Waals surface area (Å²) >= 11 is 0. The molecule has 4 aliphatic rings. The van der Waals surface area contributed by atoms with Gasteiger partial charge in [0.1, 0.15) is 122 Å². The number of ether oxygens (including phenoxy) is 9. The number of aromatic nitrogens is 3. The summed E-state index contributed by atoms with van der Waals surface area (Å²) in [5.74, 6) is -11.1. The number of nitrogens with zero attached hydrogens (tertiary/aromatic N) is 3. The first kappa shape index (κ1) is 95.6. The van der Waals surface area contributed by atoms with Crippen LogP contribution in [0, 0.1) is 0 Å². The lowest BCUT2D eigenvalue weighted by atomic mass is 9.92. The lowest BCUT2D eigenvalue weighted by Gasteiger charge is -2.52. The van der Waals surface area contributed by atoms with Crippen molar-refractivity contribution in [2.24, 2.45) is 0 Å². The lowest BCUT2D eigenvalue weighted by molar-refractivity contribution is -0.368. The highest BCUT2D eigenvalue weighted by Gasteiger charge is 2.58. The average Bonchev–Trinajstić information content (AvgIpc) is 0.823. The number of carbonyl (C=O) groups is 12. The second-order valence-corrected chi connectivity index (χ2v) is 27.9. The summed E-state index contributed by atoms with van der Waals surface area (Å²) in [6.07, 6.45) is -29.3. The number of carbonyl (C=O) groups excluding carboxylic acids is 12. The summed E-state index contributed by atoms with van der Waals surface area (Å²) in [7, 11) is 0. The third kappa shape index (κ3) is 29.1. The van der Waals surface area contributed by atoms with Crippen molar-refractivity contribution in [3.05, 3.63) is 11.9 Å². The molecule has 0 aliphatic carbocycles. The Morgan fingerprint density at radius 2 is 0.894 bits per heavy atom. The average molecular weight is 1620 g/mol. The lowest BCUT2D eigenvalue weighted by Crippen LogP contribution is -2.72. The van der Waals surface area contributed by atoms with Crippen molar-refractivity contribution >= 4 is 71.0 Å². The van der Waals surface area contributed by atoms with Crippen molar-refractivity contribution in [3.8, 4) is 0 Å². The van der Waals surface area contributed by atoms with Crippen molar-refractivity contribution in [1.29, 1.82) is 0 Å².